The fourth-order valence-corrected chi connectivity index (χ4v) is 4.40. The third kappa shape index (κ3) is 3.11. The minimum Gasteiger partial charge on any atom is -0.493 e. The van der Waals surface area contributed by atoms with Gasteiger partial charge in [-0.3, -0.25) is 0 Å². The molecule has 0 N–H and O–H groups in total. The molecule has 1 aromatic carbocycles. The SMILES string of the molecule is CCOc1ccc(C(Br)C2CCCC2C)cc1Br. The maximum absolute atomic E-state index is 5.56. The first-order valence-electron chi connectivity index (χ1n) is 6.69. The minimum absolute atomic E-state index is 0.460. The van der Waals surface area contributed by atoms with E-state index in [-0.39, 0.29) is 0 Å². The van der Waals surface area contributed by atoms with Gasteiger partial charge in [-0.2, -0.15) is 0 Å². The van der Waals surface area contributed by atoms with Gasteiger partial charge in [0.05, 0.1) is 11.1 Å². The van der Waals surface area contributed by atoms with Crippen molar-refractivity contribution in [2.45, 2.75) is 37.9 Å². The van der Waals surface area contributed by atoms with Crippen LogP contribution >= 0.6 is 31.9 Å². The third-order valence-corrected chi connectivity index (χ3v) is 5.71. The van der Waals surface area contributed by atoms with E-state index in [9.17, 15) is 0 Å². The Balaban J connectivity index is 2.15. The van der Waals surface area contributed by atoms with Gasteiger partial charge in [0.25, 0.3) is 0 Å². The van der Waals surface area contributed by atoms with Crippen molar-refractivity contribution < 1.29 is 4.74 Å². The second kappa shape index (κ2) is 6.42. The molecule has 1 aliphatic rings. The normalized spacial score (nSPS) is 25.1. The van der Waals surface area contributed by atoms with E-state index in [0.29, 0.717) is 11.4 Å². The summed E-state index contributed by atoms with van der Waals surface area (Å²) in [5.74, 6) is 2.51. The Morgan fingerprint density at radius 2 is 2.17 bits per heavy atom. The Bertz CT molecular complexity index is 405. The second-order valence-corrected chi connectivity index (χ2v) is 6.94. The summed E-state index contributed by atoms with van der Waals surface area (Å²) in [7, 11) is 0. The van der Waals surface area contributed by atoms with E-state index in [0.717, 1.165) is 22.1 Å². The summed E-state index contributed by atoms with van der Waals surface area (Å²) in [4.78, 5) is 0.460. The Hall–Kier alpha value is -0.0200. The highest BCUT2D eigenvalue weighted by atomic mass is 79.9. The van der Waals surface area contributed by atoms with Crippen LogP contribution in [0.5, 0.6) is 5.75 Å². The zero-order valence-electron chi connectivity index (χ0n) is 11.0. The molecule has 0 aliphatic heterocycles. The molecule has 0 heterocycles. The minimum atomic E-state index is 0.460. The summed E-state index contributed by atoms with van der Waals surface area (Å²) in [5.41, 5.74) is 1.35. The van der Waals surface area contributed by atoms with E-state index in [1.807, 2.05) is 6.92 Å². The summed E-state index contributed by atoms with van der Waals surface area (Å²) in [6.07, 6.45) is 4.07. The number of benzene rings is 1. The molecule has 0 saturated heterocycles. The highest BCUT2D eigenvalue weighted by Gasteiger charge is 2.30. The number of hydrogen-bond donors (Lipinski definition) is 0. The van der Waals surface area contributed by atoms with E-state index >= 15 is 0 Å². The molecule has 1 aliphatic carbocycles. The Labute approximate surface area is 127 Å². The Morgan fingerprint density at radius 1 is 1.39 bits per heavy atom. The smallest absolute Gasteiger partial charge is 0.133 e. The first-order chi connectivity index (χ1) is 8.63. The van der Waals surface area contributed by atoms with Crippen LogP contribution in [-0.4, -0.2) is 6.61 Å². The molecule has 0 bridgehead atoms. The monoisotopic (exact) mass is 374 g/mol. The van der Waals surface area contributed by atoms with Crippen LogP contribution in [0.3, 0.4) is 0 Å². The van der Waals surface area contributed by atoms with Crippen LogP contribution in [0.1, 0.15) is 43.5 Å². The Kier molecular flexibility index (Phi) is 5.14. The van der Waals surface area contributed by atoms with Gasteiger partial charge in [-0.25, -0.2) is 0 Å². The number of alkyl halides is 1. The zero-order valence-corrected chi connectivity index (χ0v) is 14.1. The Morgan fingerprint density at radius 3 is 2.72 bits per heavy atom. The fourth-order valence-electron chi connectivity index (χ4n) is 2.82. The standard InChI is InChI=1S/C15H20Br2O/c1-3-18-14-8-7-11(9-13(14)16)15(17)12-6-4-5-10(12)2/h7-10,12,15H,3-6H2,1-2H3. The van der Waals surface area contributed by atoms with Gasteiger partial charge in [0.1, 0.15) is 5.75 Å². The first-order valence-corrected chi connectivity index (χ1v) is 8.40. The molecule has 1 fully saturated rings. The van der Waals surface area contributed by atoms with E-state index in [2.05, 4.69) is 57.0 Å². The average molecular weight is 376 g/mol. The molecular formula is C15H20Br2O. The van der Waals surface area contributed by atoms with Crippen LogP contribution in [0.4, 0.5) is 0 Å². The van der Waals surface area contributed by atoms with Crippen molar-refractivity contribution in [3.05, 3.63) is 28.2 Å². The molecule has 0 aromatic heterocycles. The lowest BCUT2D eigenvalue weighted by Gasteiger charge is -2.22. The van der Waals surface area contributed by atoms with Crippen molar-refractivity contribution in [3.8, 4) is 5.75 Å². The van der Waals surface area contributed by atoms with Crippen molar-refractivity contribution in [2.24, 2.45) is 11.8 Å². The molecule has 100 valence electrons. The van der Waals surface area contributed by atoms with Crippen molar-refractivity contribution in [3.63, 3.8) is 0 Å². The van der Waals surface area contributed by atoms with Gasteiger partial charge in [-0.05, 0) is 58.8 Å². The molecule has 0 amide bonds. The molecule has 3 unspecified atom stereocenters. The van der Waals surface area contributed by atoms with Crippen LogP contribution in [0.2, 0.25) is 0 Å². The number of hydrogen-bond acceptors (Lipinski definition) is 1. The van der Waals surface area contributed by atoms with E-state index in [1.165, 1.54) is 24.8 Å². The summed E-state index contributed by atoms with van der Waals surface area (Å²) in [6, 6.07) is 6.44. The topological polar surface area (TPSA) is 9.23 Å². The quantitative estimate of drug-likeness (QED) is 0.611. The van der Waals surface area contributed by atoms with E-state index in [1.54, 1.807) is 0 Å². The molecule has 3 atom stereocenters. The molecule has 1 nitrogen and oxygen atoms in total. The zero-order chi connectivity index (χ0) is 13.1. The molecule has 1 aromatic rings. The predicted molar refractivity (Wildman–Crippen MR) is 83.5 cm³/mol. The van der Waals surface area contributed by atoms with Crippen LogP contribution < -0.4 is 4.74 Å². The molecule has 18 heavy (non-hydrogen) atoms. The van der Waals surface area contributed by atoms with Gasteiger partial charge < -0.3 is 4.74 Å². The van der Waals surface area contributed by atoms with Crippen LogP contribution in [-0.2, 0) is 0 Å². The molecular weight excluding hydrogens is 356 g/mol. The molecule has 1 saturated carbocycles. The largest absolute Gasteiger partial charge is 0.493 e. The number of ether oxygens (including phenoxy) is 1. The molecule has 2 rings (SSSR count). The van der Waals surface area contributed by atoms with E-state index in [4.69, 9.17) is 4.74 Å². The van der Waals surface area contributed by atoms with Crippen molar-refractivity contribution in [1.29, 1.82) is 0 Å². The summed E-state index contributed by atoms with van der Waals surface area (Å²) in [5, 5.41) is 0. The maximum Gasteiger partial charge on any atom is 0.133 e. The fraction of sp³-hybridized carbons (Fsp3) is 0.600. The first kappa shape index (κ1) is 14.4. The van der Waals surface area contributed by atoms with Gasteiger partial charge in [-0.15, -0.1) is 0 Å². The summed E-state index contributed by atoms with van der Waals surface area (Å²) < 4.78 is 6.61. The average Bonchev–Trinajstić information content (AvgIpc) is 2.77. The van der Waals surface area contributed by atoms with Crippen LogP contribution in [0, 0.1) is 11.8 Å². The highest BCUT2D eigenvalue weighted by molar-refractivity contribution is 9.10. The maximum atomic E-state index is 5.56. The molecule has 3 heteroatoms. The lowest BCUT2D eigenvalue weighted by molar-refractivity contribution is 0.338. The molecule has 0 spiro atoms. The van der Waals surface area contributed by atoms with E-state index < -0.39 is 0 Å². The lowest BCUT2D eigenvalue weighted by atomic mass is 9.91. The van der Waals surface area contributed by atoms with Crippen LogP contribution in [0.15, 0.2) is 22.7 Å². The van der Waals surface area contributed by atoms with Gasteiger partial charge >= 0.3 is 0 Å². The lowest BCUT2D eigenvalue weighted by Crippen LogP contribution is -2.10. The summed E-state index contributed by atoms with van der Waals surface area (Å²) >= 11 is 7.48. The van der Waals surface area contributed by atoms with Gasteiger partial charge in [0, 0.05) is 4.83 Å². The predicted octanol–water partition coefficient (Wildman–Crippen LogP) is 5.72. The third-order valence-electron chi connectivity index (χ3n) is 3.88. The van der Waals surface area contributed by atoms with Crippen molar-refractivity contribution in [1.82, 2.24) is 0 Å². The van der Waals surface area contributed by atoms with Gasteiger partial charge in [0.15, 0.2) is 0 Å². The second-order valence-electron chi connectivity index (χ2n) is 5.10. The van der Waals surface area contributed by atoms with Gasteiger partial charge in [-0.1, -0.05) is 41.8 Å². The van der Waals surface area contributed by atoms with Crippen molar-refractivity contribution in [2.75, 3.05) is 6.61 Å². The number of halogens is 2. The summed E-state index contributed by atoms with van der Waals surface area (Å²) in [6.45, 7) is 5.08. The van der Waals surface area contributed by atoms with Crippen molar-refractivity contribution >= 4 is 31.9 Å². The number of rotatable bonds is 4. The van der Waals surface area contributed by atoms with Gasteiger partial charge in [0.2, 0.25) is 0 Å². The van der Waals surface area contributed by atoms with Crippen LogP contribution in [0.25, 0.3) is 0 Å². The highest BCUT2D eigenvalue weighted by Crippen LogP contribution is 2.45. The molecule has 0 radical (unpaired) electrons.